The molecule has 2 fully saturated rings. The molecule has 2 atom stereocenters. The number of carbonyl (C=O) groups excluding carboxylic acids is 2. The Balaban J connectivity index is 1.53. The maximum absolute atomic E-state index is 13.1. The quantitative estimate of drug-likeness (QED) is 0.834. The summed E-state index contributed by atoms with van der Waals surface area (Å²) in [5.74, 6) is 0.0899. The number of hydrogen-bond acceptors (Lipinski definition) is 4. The van der Waals surface area contributed by atoms with E-state index in [2.05, 4.69) is 4.98 Å². The average molecular weight is 365 g/mol. The van der Waals surface area contributed by atoms with E-state index in [-0.39, 0.29) is 24.3 Å². The van der Waals surface area contributed by atoms with Crippen LogP contribution >= 0.6 is 0 Å². The predicted molar refractivity (Wildman–Crippen MR) is 100.0 cm³/mol. The van der Waals surface area contributed by atoms with E-state index in [0.29, 0.717) is 13.1 Å². The van der Waals surface area contributed by atoms with E-state index in [9.17, 15) is 9.59 Å². The van der Waals surface area contributed by atoms with Gasteiger partial charge in [-0.25, -0.2) is 0 Å². The van der Waals surface area contributed by atoms with Crippen molar-refractivity contribution in [1.82, 2.24) is 14.8 Å². The van der Waals surface area contributed by atoms with E-state index in [1.54, 1.807) is 23.0 Å². The summed E-state index contributed by atoms with van der Waals surface area (Å²) in [6, 6.07) is 13.3. The van der Waals surface area contributed by atoms with Crippen LogP contribution in [0, 0.1) is 6.92 Å². The van der Waals surface area contributed by atoms with Crippen molar-refractivity contribution >= 4 is 11.8 Å². The molecule has 0 saturated carbocycles. The van der Waals surface area contributed by atoms with Crippen molar-refractivity contribution in [3.8, 4) is 0 Å². The summed E-state index contributed by atoms with van der Waals surface area (Å²) < 4.78 is 5.74. The zero-order valence-corrected chi connectivity index (χ0v) is 15.5. The van der Waals surface area contributed by atoms with Crippen LogP contribution in [0.4, 0.5) is 0 Å². The molecule has 0 spiro atoms. The molecule has 2 saturated heterocycles. The Morgan fingerprint density at radius 3 is 2.59 bits per heavy atom. The second kappa shape index (κ2) is 7.12. The lowest BCUT2D eigenvalue weighted by Crippen LogP contribution is -2.58. The first kappa shape index (κ1) is 17.7. The van der Waals surface area contributed by atoms with Crippen LogP contribution in [0.15, 0.2) is 48.7 Å². The number of amides is 2. The topological polar surface area (TPSA) is 62.7 Å². The molecule has 1 aromatic carbocycles. The molecule has 4 rings (SSSR count). The molecule has 2 aliphatic rings. The number of likely N-dealkylation sites (N-methyl/N-ethyl adjacent to an activating group) is 1. The van der Waals surface area contributed by atoms with Gasteiger partial charge in [-0.2, -0.15) is 0 Å². The van der Waals surface area contributed by atoms with Crippen molar-refractivity contribution in [2.75, 3.05) is 26.7 Å². The van der Waals surface area contributed by atoms with Crippen LogP contribution < -0.4 is 0 Å². The van der Waals surface area contributed by atoms with Crippen LogP contribution in [0.5, 0.6) is 0 Å². The third kappa shape index (κ3) is 3.21. The molecule has 2 aliphatic heterocycles. The zero-order chi connectivity index (χ0) is 19.0. The lowest BCUT2D eigenvalue weighted by Gasteiger charge is -2.45. The first-order valence-corrected chi connectivity index (χ1v) is 9.18. The summed E-state index contributed by atoms with van der Waals surface area (Å²) in [7, 11) is 1.75. The minimum atomic E-state index is -0.682. The van der Waals surface area contributed by atoms with Crippen LogP contribution in [0.25, 0.3) is 0 Å². The monoisotopic (exact) mass is 365 g/mol. The number of ether oxygens (including phenoxy) is 1. The fourth-order valence-electron chi connectivity index (χ4n) is 3.85. The number of carbonyl (C=O) groups is 2. The van der Waals surface area contributed by atoms with Gasteiger partial charge in [0.05, 0.1) is 6.04 Å². The molecule has 6 nitrogen and oxygen atoms in total. The van der Waals surface area contributed by atoms with Gasteiger partial charge in [0, 0.05) is 37.9 Å². The summed E-state index contributed by atoms with van der Waals surface area (Å²) in [4.78, 5) is 33.2. The number of aryl methyl sites for hydroxylation is 1. The van der Waals surface area contributed by atoms with E-state index < -0.39 is 12.1 Å². The Labute approximate surface area is 158 Å². The second-order valence-electron chi connectivity index (χ2n) is 7.23. The van der Waals surface area contributed by atoms with Crippen LogP contribution in [-0.4, -0.2) is 59.4 Å². The summed E-state index contributed by atoms with van der Waals surface area (Å²) in [5.41, 5.74) is 3.00. The van der Waals surface area contributed by atoms with Crippen molar-refractivity contribution in [3.63, 3.8) is 0 Å². The third-order valence-corrected chi connectivity index (χ3v) is 5.53. The second-order valence-corrected chi connectivity index (χ2v) is 7.23. The summed E-state index contributed by atoms with van der Waals surface area (Å²) in [6.07, 6.45) is 1.09. The van der Waals surface area contributed by atoms with Gasteiger partial charge in [0.2, 0.25) is 5.91 Å². The zero-order valence-electron chi connectivity index (χ0n) is 15.5. The Morgan fingerprint density at radius 2 is 1.89 bits per heavy atom. The summed E-state index contributed by atoms with van der Waals surface area (Å²) >= 11 is 0. The molecule has 0 radical (unpaired) electrons. The summed E-state index contributed by atoms with van der Waals surface area (Å²) in [6.45, 7) is 3.19. The van der Waals surface area contributed by atoms with Gasteiger partial charge in [0.25, 0.3) is 5.91 Å². The maximum Gasteiger partial charge on any atom is 0.254 e. The average Bonchev–Trinajstić information content (AvgIpc) is 2.64. The maximum atomic E-state index is 13.1. The van der Waals surface area contributed by atoms with Crippen LogP contribution in [0.1, 0.15) is 28.8 Å². The highest BCUT2D eigenvalue weighted by atomic mass is 16.5. The highest BCUT2D eigenvalue weighted by Crippen LogP contribution is 2.34. The molecule has 2 aromatic rings. The van der Waals surface area contributed by atoms with Crippen LogP contribution in [-0.2, 0) is 14.3 Å². The fourth-order valence-corrected chi connectivity index (χ4v) is 3.85. The number of rotatable bonds is 3. The lowest BCUT2D eigenvalue weighted by atomic mass is 9.90. The third-order valence-electron chi connectivity index (χ3n) is 5.53. The molecular weight excluding hydrogens is 342 g/mol. The van der Waals surface area contributed by atoms with Gasteiger partial charge in [-0.15, -0.1) is 0 Å². The minimum Gasteiger partial charge on any atom is -0.356 e. The van der Waals surface area contributed by atoms with Gasteiger partial charge < -0.3 is 14.5 Å². The van der Waals surface area contributed by atoms with Gasteiger partial charge in [-0.05, 0) is 30.2 Å². The van der Waals surface area contributed by atoms with Gasteiger partial charge in [0.1, 0.15) is 6.61 Å². The van der Waals surface area contributed by atoms with Crippen molar-refractivity contribution in [2.24, 2.45) is 0 Å². The highest BCUT2D eigenvalue weighted by molar-refractivity contribution is 5.87. The first-order chi connectivity index (χ1) is 13.1. The molecule has 140 valence electrons. The number of nitrogens with zero attached hydrogens (tertiary/aromatic N) is 3. The van der Waals surface area contributed by atoms with E-state index in [1.165, 1.54) is 0 Å². The summed E-state index contributed by atoms with van der Waals surface area (Å²) in [5, 5.41) is 0. The fraction of sp³-hybridized carbons (Fsp3) is 0.381. The Bertz CT molecular complexity index is 849. The van der Waals surface area contributed by atoms with Crippen molar-refractivity contribution in [3.05, 3.63) is 65.5 Å². The van der Waals surface area contributed by atoms with Crippen molar-refractivity contribution in [1.29, 1.82) is 0 Å². The largest absolute Gasteiger partial charge is 0.356 e. The van der Waals surface area contributed by atoms with Crippen molar-refractivity contribution < 1.29 is 14.3 Å². The van der Waals surface area contributed by atoms with E-state index >= 15 is 0 Å². The van der Waals surface area contributed by atoms with Gasteiger partial charge in [-0.3, -0.25) is 14.6 Å². The normalized spacial score (nSPS) is 23.3. The highest BCUT2D eigenvalue weighted by Gasteiger charge is 2.45. The lowest BCUT2D eigenvalue weighted by molar-refractivity contribution is -0.170. The molecule has 0 bridgehead atoms. The smallest absolute Gasteiger partial charge is 0.254 e. The minimum absolute atomic E-state index is 0.0604. The molecule has 6 heteroatoms. The number of morpholine rings is 1. The number of aromatic nitrogens is 1. The Morgan fingerprint density at radius 1 is 1.15 bits per heavy atom. The number of likely N-dealkylation sites (tertiary alicyclic amines) is 1. The van der Waals surface area contributed by atoms with E-state index in [1.807, 2.05) is 49.4 Å². The Hall–Kier alpha value is -2.73. The standard InChI is InChI=1S/C21H23N3O3/c1-14-7-3-4-8-16(14)19-20(27-13-18(25)23(19)2)21(26)24-11-15(12-24)17-9-5-6-10-22-17/h3-10,15,19-20H,11-13H2,1-2H3/t19-,20+/m1/s1. The molecule has 3 heterocycles. The van der Waals surface area contributed by atoms with Crippen LogP contribution in [0.3, 0.4) is 0 Å². The first-order valence-electron chi connectivity index (χ1n) is 9.18. The molecule has 0 aliphatic carbocycles. The van der Waals surface area contributed by atoms with Gasteiger partial charge >= 0.3 is 0 Å². The number of hydrogen-bond donors (Lipinski definition) is 0. The molecular formula is C21H23N3O3. The Kier molecular flexibility index (Phi) is 4.66. The molecule has 1 aromatic heterocycles. The predicted octanol–water partition coefficient (Wildman–Crippen LogP) is 1.91. The van der Waals surface area contributed by atoms with Gasteiger partial charge in [0.15, 0.2) is 6.10 Å². The molecule has 0 N–H and O–H groups in total. The van der Waals surface area contributed by atoms with Crippen LogP contribution in [0.2, 0.25) is 0 Å². The van der Waals surface area contributed by atoms with E-state index in [4.69, 9.17) is 4.74 Å². The molecule has 27 heavy (non-hydrogen) atoms. The van der Waals surface area contributed by atoms with E-state index in [0.717, 1.165) is 16.8 Å². The van der Waals surface area contributed by atoms with Crippen molar-refractivity contribution in [2.45, 2.75) is 25.0 Å². The number of benzene rings is 1. The molecule has 2 amide bonds. The molecule has 0 unspecified atom stereocenters. The SMILES string of the molecule is Cc1ccccc1[C@@H]1[C@@H](C(=O)N2CC(c3ccccn3)C2)OCC(=O)N1C. The number of pyridine rings is 1. The van der Waals surface area contributed by atoms with Gasteiger partial charge in [-0.1, -0.05) is 30.3 Å².